The summed E-state index contributed by atoms with van der Waals surface area (Å²) in [5.41, 5.74) is 0. The van der Waals surface area contributed by atoms with Crippen molar-refractivity contribution < 1.29 is 14.4 Å². The van der Waals surface area contributed by atoms with Crippen LogP contribution in [-0.2, 0) is 11.2 Å². The first-order valence-electron chi connectivity index (χ1n) is 8.06. The van der Waals surface area contributed by atoms with Crippen LogP contribution in [0, 0.1) is 6.92 Å². The van der Waals surface area contributed by atoms with Gasteiger partial charge in [-0.05, 0) is 19.8 Å². The lowest BCUT2D eigenvalue weighted by molar-refractivity contribution is -0.133. The van der Waals surface area contributed by atoms with E-state index in [0.717, 1.165) is 39.0 Å². The van der Waals surface area contributed by atoms with Gasteiger partial charge < -0.3 is 14.5 Å². The van der Waals surface area contributed by atoms with E-state index in [1.54, 1.807) is 6.92 Å². The molecular formula is C15H26N4O3. The average molecular weight is 310 g/mol. The quantitative estimate of drug-likeness (QED) is 0.795. The third-order valence-corrected chi connectivity index (χ3v) is 4.22. The van der Waals surface area contributed by atoms with E-state index in [0.29, 0.717) is 24.6 Å². The van der Waals surface area contributed by atoms with Gasteiger partial charge in [0, 0.05) is 45.1 Å². The summed E-state index contributed by atoms with van der Waals surface area (Å²) in [7, 11) is 0. The lowest BCUT2D eigenvalue weighted by atomic mass is 10.1. The molecule has 2 heterocycles. The van der Waals surface area contributed by atoms with E-state index >= 15 is 0 Å². The normalized spacial score (nSPS) is 17.7. The van der Waals surface area contributed by atoms with Crippen molar-refractivity contribution in [2.24, 2.45) is 0 Å². The molecule has 7 nitrogen and oxygen atoms in total. The van der Waals surface area contributed by atoms with Gasteiger partial charge in [-0.1, -0.05) is 12.1 Å². The fourth-order valence-corrected chi connectivity index (χ4v) is 2.83. The van der Waals surface area contributed by atoms with Crippen molar-refractivity contribution in [1.82, 2.24) is 19.9 Å². The van der Waals surface area contributed by atoms with Gasteiger partial charge in [-0.15, -0.1) is 0 Å². The lowest BCUT2D eigenvalue weighted by Gasteiger charge is -2.38. The highest BCUT2D eigenvalue weighted by atomic mass is 16.5. The Morgan fingerprint density at radius 2 is 2.09 bits per heavy atom. The fourth-order valence-electron chi connectivity index (χ4n) is 2.83. The molecule has 1 atom stereocenters. The standard InChI is InChI=1S/C15H26N4O3/c1-3-13(11-20)18-7-9-19(10-8-18)15(21)6-4-5-14-16-12(2)17-22-14/h13,20H,3-11H2,1-2H3. The van der Waals surface area contributed by atoms with Gasteiger partial charge in [-0.25, -0.2) is 0 Å². The molecule has 1 aromatic heterocycles. The minimum atomic E-state index is 0.188. The fraction of sp³-hybridized carbons (Fsp3) is 0.800. The Labute approximate surface area is 131 Å². The van der Waals surface area contributed by atoms with Crippen molar-refractivity contribution in [1.29, 1.82) is 0 Å². The zero-order valence-electron chi connectivity index (χ0n) is 13.5. The van der Waals surface area contributed by atoms with Crippen LogP contribution in [0.4, 0.5) is 0 Å². The average Bonchev–Trinajstić information content (AvgIpc) is 2.94. The summed E-state index contributed by atoms with van der Waals surface area (Å²) in [5.74, 6) is 1.42. The van der Waals surface area contributed by atoms with Gasteiger partial charge in [0.25, 0.3) is 0 Å². The van der Waals surface area contributed by atoms with Crippen molar-refractivity contribution in [2.75, 3.05) is 32.8 Å². The SMILES string of the molecule is CCC(CO)N1CCN(C(=O)CCCc2nc(C)no2)CC1. The van der Waals surface area contributed by atoms with Crippen molar-refractivity contribution in [2.45, 2.75) is 45.6 Å². The Morgan fingerprint density at radius 1 is 1.36 bits per heavy atom. The highest BCUT2D eigenvalue weighted by Crippen LogP contribution is 2.11. The molecule has 1 N–H and O–H groups in total. The predicted octanol–water partition coefficient (Wildman–Crippen LogP) is 0.616. The van der Waals surface area contributed by atoms with Crippen molar-refractivity contribution in [3.05, 3.63) is 11.7 Å². The van der Waals surface area contributed by atoms with Crippen molar-refractivity contribution in [3.8, 4) is 0 Å². The number of aryl methyl sites for hydroxylation is 2. The van der Waals surface area contributed by atoms with Crippen molar-refractivity contribution in [3.63, 3.8) is 0 Å². The Balaban J connectivity index is 1.68. The second-order valence-electron chi connectivity index (χ2n) is 5.75. The molecule has 0 radical (unpaired) electrons. The second kappa shape index (κ2) is 8.24. The van der Waals surface area contributed by atoms with Gasteiger partial charge in [0.05, 0.1) is 6.61 Å². The maximum absolute atomic E-state index is 12.2. The molecule has 0 aliphatic carbocycles. The Morgan fingerprint density at radius 3 is 2.64 bits per heavy atom. The summed E-state index contributed by atoms with van der Waals surface area (Å²) < 4.78 is 5.04. The van der Waals surface area contributed by atoms with Crippen LogP contribution < -0.4 is 0 Å². The number of nitrogens with zero attached hydrogens (tertiary/aromatic N) is 4. The number of rotatable bonds is 7. The maximum Gasteiger partial charge on any atom is 0.226 e. The molecule has 1 saturated heterocycles. The summed E-state index contributed by atoms with van der Waals surface area (Å²) in [6.45, 7) is 7.23. The number of aliphatic hydroxyl groups is 1. The minimum absolute atomic E-state index is 0.188. The largest absolute Gasteiger partial charge is 0.395 e. The number of amides is 1. The number of aromatic nitrogens is 2. The van der Waals surface area contributed by atoms with E-state index in [9.17, 15) is 9.90 Å². The van der Waals surface area contributed by atoms with Gasteiger partial charge in [-0.3, -0.25) is 9.69 Å². The first kappa shape index (κ1) is 16.9. The zero-order valence-corrected chi connectivity index (χ0v) is 13.5. The number of carbonyl (C=O) groups excluding carboxylic acids is 1. The maximum atomic E-state index is 12.2. The Kier molecular flexibility index (Phi) is 6.33. The molecule has 22 heavy (non-hydrogen) atoms. The van der Waals surface area contributed by atoms with E-state index in [1.807, 2.05) is 4.90 Å². The van der Waals surface area contributed by atoms with Crippen LogP contribution in [0.15, 0.2) is 4.52 Å². The van der Waals surface area contributed by atoms with E-state index in [2.05, 4.69) is 22.0 Å². The van der Waals surface area contributed by atoms with Crippen LogP contribution >= 0.6 is 0 Å². The molecule has 0 saturated carbocycles. The van der Waals surface area contributed by atoms with Crippen LogP contribution in [0.25, 0.3) is 0 Å². The predicted molar refractivity (Wildman–Crippen MR) is 81.3 cm³/mol. The molecule has 1 amide bonds. The number of carbonyl (C=O) groups is 1. The van der Waals surface area contributed by atoms with E-state index in [-0.39, 0.29) is 18.6 Å². The minimum Gasteiger partial charge on any atom is -0.395 e. The molecular weight excluding hydrogens is 284 g/mol. The summed E-state index contributed by atoms with van der Waals surface area (Å²) >= 11 is 0. The Hall–Kier alpha value is -1.47. The van der Waals surface area contributed by atoms with Crippen LogP contribution in [0.1, 0.15) is 37.9 Å². The summed E-state index contributed by atoms with van der Waals surface area (Å²) in [6.07, 6.45) is 2.83. The van der Waals surface area contributed by atoms with Crippen molar-refractivity contribution >= 4 is 5.91 Å². The first-order valence-corrected chi connectivity index (χ1v) is 8.06. The monoisotopic (exact) mass is 310 g/mol. The topological polar surface area (TPSA) is 82.7 Å². The summed E-state index contributed by atoms with van der Waals surface area (Å²) in [6, 6.07) is 0.220. The van der Waals surface area contributed by atoms with Crippen LogP contribution in [-0.4, -0.2) is 69.8 Å². The van der Waals surface area contributed by atoms with E-state index < -0.39 is 0 Å². The van der Waals surface area contributed by atoms with Gasteiger partial charge in [0.1, 0.15) is 0 Å². The third-order valence-electron chi connectivity index (χ3n) is 4.22. The zero-order chi connectivity index (χ0) is 15.9. The molecule has 0 aromatic carbocycles. The van der Waals surface area contributed by atoms with Gasteiger partial charge >= 0.3 is 0 Å². The third kappa shape index (κ3) is 4.51. The van der Waals surface area contributed by atoms with Crippen LogP contribution in [0.2, 0.25) is 0 Å². The molecule has 1 aliphatic rings. The highest BCUT2D eigenvalue weighted by Gasteiger charge is 2.24. The molecule has 1 fully saturated rings. The molecule has 1 aliphatic heterocycles. The number of piperazine rings is 1. The van der Waals surface area contributed by atoms with E-state index in [1.165, 1.54) is 0 Å². The molecule has 0 spiro atoms. The molecule has 1 unspecified atom stereocenters. The highest BCUT2D eigenvalue weighted by molar-refractivity contribution is 5.76. The van der Waals surface area contributed by atoms with Crippen LogP contribution in [0.3, 0.4) is 0 Å². The smallest absolute Gasteiger partial charge is 0.226 e. The Bertz CT molecular complexity index is 465. The first-order chi connectivity index (χ1) is 10.6. The number of aliphatic hydroxyl groups excluding tert-OH is 1. The number of hydrogen-bond donors (Lipinski definition) is 1. The molecule has 0 bridgehead atoms. The molecule has 124 valence electrons. The van der Waals surface area contributed by atoms with Gasteiger partial charge in [0.2, 0.25) is 11.8 Å². The van der Waals surface area contributed by atoms with Crippen LogP contribution in [0.5, 0.6) is 0 Å². The van der Waals surface area contributed by atoms with Gasteiger partial charge in [0.15, 0.2) is 5.82 Å². The molecule has 2 rings (SSSR count). The summed E-state index contributed by atoms with van der Waals surface area (Å²) in [5, 5.41) is 13.1. The molecule has 7 heteroatoms. The second-order valence-corrected chi connectivity index (χ2v) is 5.75. The van der Waals surface area contributed by atoms with E-state index in [4.69, 9.17) is 4.52 Å². The lowest BCUT2D eigenvalue weighted by Crippen LogP contribution is -2.52. The summed E-state index contributed by atoms with van der Waals surface area (Å²) in [4.78, 5) is 20.5. The van der Waals surface area contributed by atoms with Gasteiger partial charge in [-0.2, -0.15) is 4.98 Å². The molecule has 1 aromatic rings. The number of hydrogen-bond acceptors (Lipinski definition) is 6.